The number of anilines is 2. The molecule has 0 amide bonds. The van der Waals surface area contributed by atoms with Crippen molar-refractivity contribution in [3.63, 3.8) is 0 Å². The van der Waals surface area contributed by atoms with E-state index in [0.29, 0.717) is 28.7 Å². The standard InChI is InChI=1S/C23H19F3N4O2/c1-14(31)10-17-12-19(8-9-27-17)32-18-6-7-21-20(13-18)29-22(30(21)2)28-16-5-3-4-15(11-16)23(24,25)26/h3-9,11-13H,10H2,1-2H3,(H,28,29). The van der Waals surface area contributed by atoms with Crippen LogP contribution in [-0.4, -0.2) is 20.3 Å². The first-order valence-electron chi connectivity index (χ1n) is 9.72. The molecule has 0 aliphatic carbocycles. The summed E-state index contributed by atoms with van der Waals surface area (Å²) in [6.07, 6.45) is -2.63. The number of aromatic nitrogens is 3. The number of benzene rings is 2. The van der Waals surface area contributed by atoms with Crippen LogP contribution >= 0.6 is 0 Å². The number of ketones is 1. The highest BCUT2D eigenvalue weighted by Gasteiger charge is 2.30. The van der Waals surface area contributed by atoms with Gasteiger partial charge in [0.15, 0.2) is 0 Å². The van der Waals surface area contributed by atoms with Crippen molar-refractivity contribution in [1.29, 1.82) is 0 Å². The average molecular weight is 440 g/mol. The van der Waals surface area contributed by atoms with E-state index in [-0.39, 0.29) is 17.9 Å². The third-order valence-electron chi connectivity index (χ3n) is 4.75. The van der Waals surface area contributed by atoms with Crippen LogP contribution in [0.2, 0.25) is 0 Å². The summed E-state index contributed by atoms with van der Waals surface area (Å²) in [6.45, 7) is 1.50. The Morgan fingerprint density at radius 3 is 2.62 bits per heavy atom. The Bertz CT molecular complexity index is 1300. The van der Waals surface area contributed by atoms with Crippen LogP contribution in [0.25, 0.3) is 11.0 Å². The van der Waals surface area contributed by atoms with Crippen LogP contribution in [0.5, 0.6) is 11.5 Å². The van der Waals surface area contributed by atoms with Gasteiger partial charge in [-0.15, -0.1) is 0 Å². The lowest BCUT2D eigenvalue weighted by molar-refractivity contribution is -0.137. The molecule has 9 heteroatoms. The van der Waals surface area contributed by atoms with E-state index in [2.05, 4.69) is 15.3 Å². The topological polar surface area (TPSA) is 69.0 Å². The first kappa shape index (κ1) is 21.4. The Labute approximate surface area is 181 Å². The summed E-state index contributed by atoms with van der Waals surface area (Å²) < 4.78 is 46.6. The van der Waals surface area contributed by atoms with Gasteiger partial charge in [-0.25, -0.2) is 4.98 Å². The van der Waals surface area contributed by atoms with Crippen molar-refractivity contribution in [2.45, 2.75) is 19.5 Å². The molecule has 2 aromatic heterocycles. The van der Waals surface area contributed by atoms with Gasteiger partial charge < -0.3 is 14.6 Å². The number of ether oxygens (including phenoxy) is 1. The van der Waals surface area contributed by atoms with Crippen molar-refractivity contribution >= 4 is 28.5 Å². The van der Waals surface area contributed by atoms with E-state index in [1.165, 1.54) is 13.0 Å². The smallest absolute Gasteiger partial charge is 0.416 e. The van der Waals surface area contributed by atoms with Crippen LogP contribution in [0.3, 0.4) is 0 Å². The van der Waals surface area contributed by atoms with E-state index in [1.807, 2.05) is 6.07 Å². The summed E-state index contributed by atoms with van der Waals surface area (Å²) in [7, 11) is 1.77. The molecule has 0 radical (unpaired) electrons. The van der Waals surface area contributed by atoms with Gasteiger partial charge in [0.05, 0.1) is 22.3 Å². The predicted octanol–water partition coefficient (Wildman–Crippen LogP) is 5.65. The number of hydrogen-bond acceptors (Lipinski definition) is 5. The highest BCUT2D eigenvalue weighted by atomic mass is 19.4. The second-order valence-corrected chi connectivity index (χ2v) is 7.31. The number of imidazole rings is 1. The summed E-state index contributed by atoms with van der Waals surface area (Å²) in [4.78, 5) is 20.0. The van der Waals surface area contributed by atoms with E-state index in [1.54, 1.807) is 48.1 Å². The molecule has 0 aliphatic heterocycles. The first-order chi connectivity index (χ1) is 15.2. The number of nitrogens with one attached hydrogen (secondary N) is 1. The maximum Gasteiger partial charge on any atom is 0.416 e. The third kappa shape index (κ3) is 4.72. The Morgan fingerprint density at radius 1 is 1.09 bits per heavy atom. The van der Waals surface area contributed by atoms with Crippen LogP contribution in [0.1, 0.15) is 18.2 Å². The molecule has 6 nitrogen and oxygen atoms in total. The zero-order valence-corrected chi connectivity index (χ0v) is 17.3. The third-order valence-corrected chi connectivity index (χ3v) is 4.75. The minimum absolute atomic E-state index is 0.00496. The van der Waals surface area contributed by atoms with E-state index < -0.39 is 11.7 Å². The van der Waals surface area contributed by atoms with E-state index in [4.69, 9.17) is 4.74 Å². The minimum Gasteiger partial charge on any atom is -0.457 e. The molecule has 0 saturated heterocycles. The zero-order valence-electron chi connectivity index (χ0n) is 17.3. The highest BCUT2D eigenvalue weighted by Crippen LogP contribution is 2.32. The number of aryl methyl sites for hydroxylation is 1. The van der Waals surface area contributed by atoms with Crippen molar-refractivity contribution in [2.24, 2.45) is 7.05 Å². The van der Waals surface area contributed by atoms with Gasteiger partial charge in [-0.1, -0.05) is 6.07 Å². The molecule has 0 bridgehead atoms. The Hall–Kier alpha value is -3.88. The largest absolute Gasteiger partial charge is 0.457 e. The molecule has 4 rings (SSSR count). The number of alkyl halides is 3. The Kier molecular flexibility index (Phi) is 5.56. The van der Waals surface area contributed by atoms with Crippen molar-refractivity contribution in [2.75, 3.05) is 5.32 Å². The molecule has 164 valence electrons. The quantitative estimate of drug-likeness (QED) is 0.419. The highest BCUT2D eigenvalue weighted by molar-refractivity contribution is 5.81. The number of hydrogen-bond donors (Lipinski definition) is 1. The SMILES string of the molecule is CC(=O)Cc1cc(Oc2ccc3c(c2)nc(Nc2cccc(C(F)(F)F)c2)n3C)ccn1. The van der Waals surface area contributed by atoms with Crippen molar-refractivity contribution in [3.05, 3.63) is 72.1 Å². The summed E-state index contributed by atoms with van der Waals surface area (Å²) in [5.41, 5.74) is 1.54. The summed E-state index contributed by atoms with van der Waals surface area (Å²) in [5.74, 6) is 1.46. The molecule has 2 heterocycles. The number of pyridine rings is 1. The summed E-state index contributed by atoms with van der Waals surface area (Å²) >= 11 is 0. The fraction of sp³-hybridized carbons (Fsp3) is 0.174. The molecule has 0 fully saturated rings. The number of carbonyl (C=O) groups is 1. The second-order valence-electron chi connectivity index (χ2n) is 7.31. The van der Waals surface area contributed by atoms with E-state index >= 15 is 0 Å². The van der Waals surface area contributed by atoms with Crippen molar-refractivity contribution < 1.29 is 22.7 Å². The van der Waals surface area contributed by atoms with Crippen molar-refractivity contribution in [1.82, 2.24) is 14.5 Å². The van der Waals surface area contributed by atoms with Gasteiger partial charge in [-0.2, -0.15) is 13.2 Å². The summed E-state index contributed by atoms with van der Waals surface area (Å²) in [5, 5.41) is 2.94. The maximum absolute atomic E-state index is 13.0. The van der Waals surface area contributed by atoms with Crippen LogP contribution in [0.15, 0.2) is 60.8 Å². The molecule has 2 aromatic carbocycles. The molecule has 0 unspecified atom stereocenters. The lowest BCUT2D eigenvalue weighted by atomic mass is 10.2. The molecule has 0 atom stereocenters. The number of Topliss-reactive ketones (excluding diaryl/α,β-unsaturated/α-hetero) is 1. The Morgan fingerprint density at radius 2 is 1.88 bits per heavy atom. The fourth-order valence-electron chi connectivity index (χ4n) is 3.26. The minimum atomic E-state index is -4.42. The normalized spacial score (nSPS) is 11.5. The number of rotatable bonds is 6. The fourth-order valence-corrected chi connectivity index (χ4v) is 3.26. The molecule has 1 N–H and O–H groups in total. The van der Waals surface area contributed by atoms with Gasteiger partial charge in [-0.3, -0.25) is 9.78 Å². The van der Waals surface area contributed by atoms with Gasteiger partial charge in [0.25, 0.3) is 0 Å². The van der Waals surface area contributed by atoms with Gasteiger partial charge in [-0.05, 0) is 43.3 Å². The van der Waals surface area contributed by atoms with Crippen molar-refractivity contribution in [3.8, 4) is 11.5 Å². The molecule has 4 aromatic rings. The lowest BCUT2D eigenvalue weighted by Crippen LogP contribution is -2.06. The molecule has 0 spiro atoms. The van der Waals surface area contributed by atoms with E-state index in [9.17, 15) is 18.0 Å². The average Bonchev–Trinajstić information content (AvgIpc) is 3.02. The molecular weight excluding hydrogens is 421 g/mol. The van der Waals surface area contributed by atoms with Crippen LogP contribution in [0, 0.1) is 0 Å². The van der Waals surface area contributed by atoms with Gasteiger partial charge in [0.1, 0.15) is 17.3 Å². The van der Waals surface area contributed by atoms with Crippen LogP contribution in [-0.2, 0) is 24.4 Å². The molecular formula is C23H19F3N4O2. The van der Waals surface area contributed by atoms with Crippen LogP contribution in [0.4, 0.5) is 24.8 Å². The second kappa shape index (κ2) is 8.33. The monoisotopic (exact) mass is 440 g/mol. The van der Waals surface area contributed by atoms with Gasteiger partial charge >= 0.3 is 6.18 Å². The predicted molar refractivity (Wildman–Crippen MR) is 114 cm³/mol. The van der Waals surface area contributed by atoms with Crippen LogP contribution < -0.4 is 10.1 Å². The number of fused-ring (bicyclic) bond motifs is 1. The number of nitrogens with zero attached hydrogens (tertiary/aromatic N) is 3. The molecule has 0 aliphatic rings. The van der Waals surface area contributed by atoms with Gasteiger partial charge in [0.2, 0.25) is 5.95 Å². The summed E-state index contributed by atoms with van der Waals surface area (Å²) in [6, 6.07) is 13.6. The van der Waals surface area contributed by atoms with E-state index in [0.717, 1.165) is 17.6 Å². The Balaban J connectivity index is 1.58. The lowest BCUT2D eigenvalue weighted by Gasteiger charge is -2.10. The number of carbonyl (C=O) groups excluding carboxylic acids is 1. The maximum atomic E-state index is 13.0. The molecule has 32 heavy (non-hydrogen) atoms. The molecule has 0 saturated carbocycles. The van der Waals surface area contributed by atoms with Gasteiger partial charge in [0, 0.05) is 37.5 Å². The number of halogens is 3. The zero-order chi connectivity index (χ0) is 22.9. The first-order valence-corrected chi connectivity index (χ1v) is 9.72.